The van der Waals surface area contributed by atoms with E-state index >= 15 is 0 Å². The number of fused-ring (bicyclic) bond motifs is 5. The number of aliphatic hydroxyl groups is 1. The average Bonchev–Trinajstić information content (AvgIpc) is 3.32. The molecule has 0 bridgehead atoms. The second kappa shape index (κ2) is 5.73. The van der Waals surface area contributed by atoms with Crippen LogP contribution in [0.25, 0.3) is 0 Å². The number of aromatic nitrogens is 1. The van der Waals surface area contributed by atoms with Gasteiger partial charge in [0.2, 0.25) is 11.3 Å². The van der Waals surface area contributed by atoms with Crippen molar-refractivity contribution in [3.05, 3.63) is 82.7 Å². The van der Waals surface area contributed by atoms with E-state index in [2.05, 4.69) is 0 Å². The predicted molar refractivity (Wildman–Crippen MR) is 110 cm³/mol. The molecule has 30 heavy (non-hydrogen) atoms. The molecule has 152 valence electrons. The van der Waals surface area contributed by atoms with Crippen molar-refractivity contribution in [2.24, 2.45) is 5.73 Å². The number of benzene rings is 2. The summed E-state index contributed by atoms with van der Waals surface area (Å²) in [5.74, 6) is -2.66. The molecule has 5 N–H and O–H groups in total. The zero-order chi connectivity index (χ0) is 21.4. The van der Waals surface area contributed by atoms with Crippen molar-refractivity contribution in [3.63, 3.8) is 0 Å². The Bertz CT molecular complexity index is 1240. The molecule has 1 aliphatic carbocycles. The number of ether oxygens (including phenoxy) is 1. The number of hydrogen-bond acceptors (Lipinski definition) is 5. The first-order valence-corrected chi connectivity index (χ1v) is 9.70. The average molecular weight is 403 g/mol. The van der Waals surface area contributed by atoms with Gasteiger partial charge in [-0.25, -0.2) is 0 Å². The summed E-state index contributed by atoms with van der Waals surface area (Å²) >= 11 is 0. The van der Waals surface area contributed by atoms with Crippen molar-refractivity contribution in [3.8, 4) is 5.75 Å². The number of hydrogen-bond donors (Lipinski definition) is 3. The van der Waals surface area contributed by atoms with Crippen molar-refractivity contribution < 1.29 is 19.4 Å². The van der Waals surface area contributed by atoms with Gasteiger partial charge in [0.05, 0.1) is 5.56 Å². The van der Waals surface area contributed by atoms with Gasteiger partial charge in [0.1, 0.15) is 11.4 Å². The minimum absolute atomic E-state index is 0.0811. The van der Waals surface area contributed by atoms with Crippen LogP contribution < -0.4 is 16.2 Å². The lowest BCUT2D eigenvalue weighted by Crippen LogP contribution is -2.54. The highest BCUT2D eigenvalue weighted by Gasteiger charge is 2.72. The standard InChI is InChI=1S/C23H21N3O4/c1-12(2)13-8-9-14-18(11-13)30-23(29)15-5-3-6-16(24)19(15)20(27)22(14,23)26-10-4-7-17(26)21(25)28/h3-12,29H,24H2,1-2H3,(H2,25,28). The van der Waals surface area contributed by atoms with Crippen LogP contribution in [0.2, 0.25) is 0 Å². The van der Waals surface area contributed by atoms with Crippen LogP contribution in [0, 0.1) is 0 Å². The van der Waals surface area contributed by atoms with E-state index in [4.69, 9.17) is 16.2 Å². The lowest BCUT2D eigenvalue weighted by Gasteiger charge is -2.36. The largest absolute Gasteiger partial charge is 0.454 e. The summed E-state index contributed by atoms with van der Waals surface area (Å²) in [5, 5.41) is 12.0. The van der Waals surface area contributed by atoms with E-state index in [1.165, 1.54) is 10.6 Å². The number of primary amides is 1. The van der Waals surface area contributed by atoms with Gasteiger partial charge in [0, 0.05) is 23.0 Å². The molecule has 7 nitrogen and oxygen atoms in total. The van der Waals surface area contributed by atoms with E-state index in [-0.39, 0.29) is 28.4 Å². The third-order valence-corrected chi connectivity index (χ3v) is 6.19. The first-order chi connectivity index (χ1) is 14.2. The van der Waals surface area contributed by atoms with E-state index in [0.717, 1.165) is 5.56 Å². The van der Waals surface area contributed by atoms with Crippen LogP contribution in [0.15, 0.2) is 54.7 Å². The van der Waals surface area contributed by atoms with E-state index in [1.54, 1.807) is 36.5 Å². The minimum atomic E-state index is -2.09. The van der Waals surface area contributed by atoms with Gasteiger partial charge in [-0.2, -0.15) is 0 Å². The molecule has 0 spiro atoms. The Hall–Kier alpha value is -3.58. The van der Waals surface area contributed by atoms with Crippen LogP contribution in [0.5, 0.6) is 5.75 Å². The Morgan fingerprint density at radius 2 is 1.90 bits per heavy atom. The normalized spacial score (nSPS) is 23.8. The molecule has 2 atom stereocenters. The topological polar surface area (TPSA) is 121 Å². The van der Waals surface area contributed by atoms with Crippen molar-refractivity contribution >= 4 is 17.4 Å². The van der Waals surface area contributed by atoms with Gasteiger partial charge in [-0.1, -0.05) is 38.1 Å². The summed E-state index contributed by atoms with van der Waals surface area (Å²) in [6, 6.07) is 13.5. The molecule has 1 aromatic heterocycles. The van der Waals surface area contributed by atoms with Gasteiger partial charge in [-0.05, 0) is 35.7 Å². The summed E-state index contributed by atoms with van der Waals surface area (Å²) in [6.07, 6.45) is 1.56. The van der Waals surface area contributed by atoms with Gasteiger partial charge < -0.3 is 25.9 Å². The number of nitrogens with two attached hydrogens (primary N) is 2. The highest BCUT2D eigenvalue weighted by Crippen LogP contribution is 2.61. The van der Waals surface area contributed by atoms with Gasteiger partial charge >= 0.3 is 0 Å². The number of nitrogen functional groups attached to an aromatic ring is 1. The van der Waals surface area contributed by atoms with Crippen molar-refractivity contribution in [2.45, 2.75) is 31.1 Å². The summed E-state index contributed by atoms with van der Waals surface area (Å²) in [6.45, 7) is 4.08. The monoisotopic (exact) mass is 403 g/mol. The lowest BCUT2D eigenvalue weighted by molar-refractivity contribution is -0.171. The van der Waals surface area contributed by atoms with Gasteiger partial charge in [0.15, 0.2) is 0 Å². The predicted octanol–water partition coefficient (Wildman–Crippen LogP) is 2.47. The number of Topliss-reactive ketones (excluding diaryl/α,β-unsaturated/α-hetero) is 1. The van der Waals surface area contributed by atoms with Crippen LogP contribution in [0.3, 0.4) is 0 Å². The quantitative estimate of drug-likeness (QED) is 0.580. The van der Waals surface area contributed by atoms with E-state index < -0.39 is 23.0 Å². The van der Waals surface area contributed by atoms with Crippen molar-refractivity contribution in [2.75, 3.05) is 5.73 Å². The number of ketones is 1. The number of nitrogens with zero attached hydrogens (tertiary/aromatic N) is 1. The molecular formula is C23H21N3O4. The van der Waals surface area contributed by atoms with Crippen LogP contribution in [-0.4, -0.2) is 21.4 Å². The van der Waals surface area contributed by atoms with Gasteiger partial charge in [-0.3, -0.25) is 9.59 Å². The lowest BCUT2D eigenvalue weighted by atomic mass is 9.81. The van der Waals surface area contributed by atoms with Crippen LogP contribution in [0.1, 0.15) is 57.3 Å². The SMILES string of the molecule is CC(C)c1ccc2c(c1)OC1(O)c3cccc(N)c3C(=O)C21n1cccc1C(N)=O. The highest BCUT2D eigenvalue weighted by molar-refractivity contribution is 6.14. The van der Waals surface area contributed by atoms with Crippen LogP contribution >= 0.6 is 0 Å². The Labute approximate surface area is 172 Å². The first kappa shape index (κ1) is 18.4. The zero-order valence-corrected chi connectivity index (χ0v) is 16.5. The maximum Gasteiger partial charge on any atom is 0.271 e. The minimum Gasteiger partial charge on any atom is -0.454 e. The number of amides is 1. The van der Waals surface area contributed by atoms with Gasteiger partial charge in [0.25, 0.3) is 11.7 Å². The molecule has 2 heterocycles. The molecule has 1 aliphatic heterocycles. The molecule has 0 radical (unpaired) electrons. The molecule has 0 saturated heterocycles. The molecule has 5 rings (SSSR count). The fourth-order valence-corrected chi connectivity index (χ4v) is 4.79. The second-order valence-corrected chi connectivity index (χ2v) is 8.09. The number of rotatable bonds is 3. The third kappa shape index (κ3) is 1.92. The van der Waals surface area contributed by atoms with Gasteiger partial charge in [-0.15, -0.1) is 0 Å². The molecule has 2 aliphatic rings. The molecule has 1 amide bonds. The molecule has 3 aromatic rings. The second-order valence-electron chi connectivity index (χ2n) is 8.09. The van der Waals surface area contributed by atoms with E-state index in [9.17, 15) is 14.7 Å². The zero-order valence-electron chi connectivity index (χ0n) is 16.5. The first-order valence-electron chi connectivity index (χ1n) is 9.70. The summed E-state index contributed by atoms with van der Waals surface area (Å²) in [4.78, 5) is 26.2. The summed E-state index contributed by atoms with van der Waals surface area (Å²) < 4.78 is 7.54. The number of carbonyl (C=O) groups excluding carboxylic acids is 2. The van der Waals surface area contributed by atoms with Crippen molar-refractivity contribution in [1.29, 1.82) is 0 Å². The third-order valence-electron chi connectivity index (χ3n) is 6.19. The molecule has 2 unspecified atom stereocenters. The smallest absolute Gasteiger partial charge is 0.271 e. The molecular weight excluding hydrogens is 382 g/mol. The van der Waals surface area contributed by atoms with E-state index in [1.807, 2.05) is 26.0 Å². The molecule has 2 aromatic carbocycles. The molecule has 0 saturated carbocycles. The van der Waals surface area contributed by atoms with E-state index in [0.29, 0.717) is 11.3 Å². The van der Waals surface area contributed by atoms with Crippen LogP contribution in [-0.2, 0) is 11.3 Å². The Balaban J connectivity index is 1.91. The summed E-state index contributed by atoms with van der Waals surface area (Å²) in [7, 11) is 0. The maximum atomic E-state index is 14.0. The fraction of sp³-hybridized carbons (Fsp3) is 0.217. The molecule has 0 fully saturated rings. The maximum absolute atomic E-state index is 14.0. The Morgan fingerprint density at radius 3 is 2.60 bits per heavy atom. The van der Waals surface area contributed by atoms with Crippen LogP contribution in [0.4, 0.5) is 5.69 Å². The molecule has 7 heteroatoms. The fourth-order valence-electron chi connectivity index (χ4n) is 4.79. The highest BCUT2D eigenvalue weighted by atomic mass is 16.6. The van der Waals surface area contributed by atoms with Crippen molar-refractivity contribution in [1.82, 2.24) is 4.57 Å². The number of carbonyl (C=O) groups is 2. The number of anilines is 1. The summed E-state index contributed by atoms with van der Waals surface area (Å²) in [5.41, 5.74) is 12.2. The Morgan fingerprint density at radius 1 is 1.13 bits per heavy atom. The Kier molecular flexibility index (Phi) is 3.53.